The van der Waals surface area contributed by atoms with Crippen molar-refractivity contribution in [3.63, 3.8) is 0 Å². The fourth-order valence-corrected chi connectivity index (χ4v) is 8.11. The number of aryl methyl sites for hydroxylation is 1. The molecule has 0 bridgehead atoms. The van der Waals surface area contributed by atoms with Crippen LogP contribution in [0.25, 0.3) is 0 Å². The van der Waals surface area contributed by atoms with Crippen LogP contribution in [-0.2, 0) is 27.0 Å². The van der Waals surface area contributed by atoms with Gasteiger partial charge in [0, 0.05) is 29.0 Å². The number of carbonyl (C=O) groups is 3. The lowest BCUT2D eigenvalue weighted by molar-refractivity contribution is -0.128. The van der Waals surface area contributed by atoms with Crippen molar-refractivity contribution >= 4 is 29.0 Å². The summed E-state index contributed by atoms with van der Waals surface area (Å²) in [4.78, 5) is 46.5. The Morgan fingerprint density at radius 2 is 1.50 bits per heavy atom. The van der Waals surface area contributed by atoms with Crippen molar-refractivity contribution in [2.75, 3.05) is 17.2 Å². The van der Waals surface area contributed by atoms with Crippen LogP contribution in [0.4, 0.5) is 11.4 Å². The lowest BCUT2D eigenvalue weighted by Gasteiger charge is -2.42. The van der Waals surface area contributed by atoms with Gasteiger partial charge in [0.25, 0.3) is 0 Å². The monoisotopic (exact) mass is 525 g/mol. The zero-order valence-corrected chi connectivity index (χ0v) is 22.0. The molecule has 4 aliphatic heterocycles. The van der Waals surface area contributed by atoms with E-state index in [1.54, 1.807) is 12.1 Å². The first-order valence-corrected chi connectivity index (χ1v) is 13.8. The van der Waals surface area contributed by atoms with Gasteiger partial charge in [-0.2, -0.15) is 0 Å². The molecule has 2 spiro atoms. The first kappa shape index (κ1) is 23.3. The van der Waals surface area contributed by atoms with Gasteiger partial charge in [-0.15, -0.1) is 0 Å². The largest absolute Gasteiger partial charge is 0.325 e. The summed E-state index contributed by atoms with van der Waals surface area (Å²) in [6, 6.07) is 30.3. The summed E-state index contributed by atoms with van der Waals surface area (Å²) >= 11 is 0. The van der Waals surface area contributed by atoms with Crippen molar-refractivity contribution in [2.24, 2.45) is 5.92 Å². The number of nitrogens with one attached hydrogen (secondary N) is 2. The Bertz CT molecular complexity index is 1770. The van der Waals surface area contributed by atoms with Crippen LogP contribution in [0.3, 0.4) is 0 Å². The van der Waals surface area contributed by atoms with Crippen LogP contribution in [-0.4, -0.2) is 29.0 Å². The highest BCUT2D eigenvalue weighted by atomic mass is 16.2. The molecule has 4 heterocycles. The zero-order valence-electron chi connectivity index (χ0n) is 22.0. The topological polar surface area (TPSA) is 78.5 Å². The number of amides is 2. The number of carbonyl (C=O) groups excluding carboxylic acids is 3. The van der Waals surface area contributed by atoms with E-state index in [0.717, 1.165) is 27.8 Å². The quantitative estimate of drug-likeness (QED) is 0.355. The summed E-state index contributed by atoms with van der Waals surface area (Å²) in [6.45, 7) is 2.54. The van der Waals surface area contributed by atoms with Gasteiger partial charge >= 0.3 is 0 Å². The Morgan fingerprint density at radius 3 is 2.35 bits per heavy atom. The van der Waals surface area contributed by atoms with Crippen molar-refractivity contribution in [3.05, 3.63) is 130 Å². The molecule has 6 nitrogen and oxygen atoms in total. The molecule has 2 N–H and O–H groups in total. The van der Waals surface area contributed by atoms with Gasteiger partial charge in [-0.25, -0.2) is 0 Å². The third-order valence-corrected chi connectivity index (χ3v) is 9.54. The number of anilines is 2. The molecule has 1 fully saturated rings. The second-order valence-corrected chi connectivity index (χ2v) is 11.3. The van der Waals surface area contributed by atoms with Crippen LogP contribution in [0.5, 0.6) is 0 Å². The number of fused-ring (bicyclic) bond motifs is 9. The van der Waals surface area contributed by atoms with E-state index in [2.05, 4.69) is 27.7 Å². The highest BCUT2D eigenvalue weighted by molar-refractivity contribution is 6.19. The van der Waals surface area contributed by atoms with Gasteiger partial charge in [0.2, 0.25) is 11.8 Å². The molecule has 8 rings (SSSR count). The average Bonchev–Trinajstić information content (AvgIpc) is 3.55. The number of para-hydroxylation sites is 1. The molecular formula is C34H27N3O3. The molecular weight excluding hydrogens is 498 g/mol. The number of nitrogens with zero attached hydrogens (tertiary/aromatic N) is 1. The van der Waals surface area contributed by atoms with Crippen molar-refractivity contribution in [2.45, 2.75) is 30.3 Å². The highest BCUT2D eigenvalue weighted by Gasteiger charge is 2.79. The summed E-state index contributed by atoms with van der Waals surface area (Å²) in [7, 11) is 0. The molecule has 0 radical (unpaired) electrons. The molecule has 2 amide bonds. The van der Waals surface area contributed by atoms with Gasteiger partial charge in [0.1, 0.15) is 11.0 Å². The number of Topliss-reactive ketones (excluding diaryl/α,β-unsaturated/α-hetero) is 1. The maximum atomic E-state index is 15.0. The van der Waals surface area contributed by atoms with Crippen LogP contribution < -0.4 is 10.6 Å². The molecule has 4 aromatic carbocycles. The molecule has 6 heteroatoms. The second kappa shape index (κ2) is 7.99. The van der Waals surface area contributed by atoms with Crippen molar-refractivity contribution in [1.82, 2.24) is 4.90 Å². The number of hydrogen-bond donors (Lipinski definition) is 2. The van der Waals surface area contributed by atoms with Gasteiger partial charge in [0.05, 0.1) is 12.0 Å². The summed E-state index contributed by atoms with van der Waals surface area (Å²) in [5.74, 6) is -1.70. The van der Waals surface area contributed by atoms with Crippen molar-refractivity contribution < 1.29 is 14.4 Å². The van der Waals surface area contributed by atoms with E-state index in [1.165, 1.54) is 0 Å². The standard InChI is InChI=1S/C34H27N3O3/c1-20-15-16-27-25(19-20)34(32(40)36-27)29(28(38)22-10-3-2-4-11-22)33(24-13-7-8-14-26(24)35-31(33)39)30-23-12-6-5-9-21(23)17-18-37(30)34/h2-16,19,29-30H,17-18H2,1H3,(H,35,39)(H,36,40)/t29-,30-,33-,34+/m0/s1. The summed E-state index contributed by atoms with van der Waals surface area (Å²) in [6.07, 6.45) is 0.717. The summed E-state index contributed by atoms with van der Waals surface area (Å²) in [5, 5.41) is 6.27. The molecule has 1 saturated heterocycles. The smallest absolute Gasteiger partial charge is 0.250 e. The predicted molar refractivity (Wildman–Crippen MR) is 152 cm³/mol. The fraction of sp³-hybridized carbons (Fsp3) is 0.206. The Hall–Kier alpha value is -4.55. The van der Waals surface area contributed by atoms with Crippen LogP contribution >= 0.6 is 0 Å². The van der Waals surface area contributed by atoms with E-state index >= 15 is 4.79 Å². The average molecular weight is 526 g/mol. The van der Waals surface area contributed by atoms with Crippen LogP contribution in [0.15, 0.2) is 97.1 Å². The number of hydrogen-bond acceptors (Lipinski definition) is 4. The van der Waals surface area contributed by atoms with Gasteiger partial charge in [-0.3, -0.25) is 19.3 Å². The summed E-state index contributed by atoms with van der Waals surface area (Å²) < 4.78 is 0. The Kier molecular flexibility index (Phi) is 4.66. The maximum absolute atomic E-state index is 15.0. The molecule has 0 aliphatic carbocycles. The molecule has 4 aromatic rings. The molecule has 4 aliphatic rings. The number of ketones is 1. The number of benzene rings is 4. The van der Waals surface area contributed by atoms with Crippen molar-refractivity contribution in [3.8, 4) is 0 Å². The minimum Gasteiger partial charge on any atom is -0.325 e. The van der Waals surface area contributed by atoms with Gasteiger partial charge in [-0.05, 0) is 42.2 Å². The minimum absolute atomic E-state index is 0.205. The van der Waals surface area contributed by atoms with E-state index in [-0.39, 0.29) is 17.6 Å². The fourth-order valence-electron chi connectivity index (χ4n) is 8.11. The lowest BCUT2D eigenvalue weighted by Crippen LogP contribution is -2.55. The third-order valence-electron chi connectivity index (χ3n) is 9.54. The van der Waals surface area contributed by atoms with Crippen LogP contribution in [0.2, 0.25) is 0 Å². The molecule has 0 unspecified atom stereocenters. The lowest BCUT2D eigenvalue weighted by atomic mass is 9.59. The highest BCUT2D eigenvalue weighted by Crippen LogP contribution is 2.69. The van der Waals surface area contributed by atoms with Crippen LogP contribution in [0.1, 0.15) is 44.2 Å². The van der Waals surface area contributed by atoms with Gasteiger partial charge < -0.3 is 10.6 Å². The van der Waals surface area contributed by atoms with E-state index in [9.17, 15) is 9.59 Å². The molecule has 4 atom stereocenters. The summed E-state index contributed by atoms with van der Waals surface area (Å²) in [5.41, 5.74) is 3.85. The Balaban J connectivity index is 1.54. The van der Waals surface area contributed by atoms with E-state index < -0.39 is 22.9 Å². The number of rotatable bonds is 2. The zero-order chi connectivity index (χ0) is 27.2. The molecule has 0 saturated carbocycles. The minimum atomic E-state index is -1.37. The predicted octanol–water partition coefficient (Wildman–Crippen LogP) is 5.14. The Morgan fingerprint density at radius 1 is 0.800 bits per heavy atom. The Labute approximate surface area is 232 Å². The third kappa shape index (κ3) is 2.64. The molecule has 40 heavy (non-hydrogen) atoms. The SMILES string of the molecule is Cc1ccc2c(c1)[C@]1(C(=O)N2)[C@@H](C(=O)c2ccccc2)[C@]2(C(=O)Nc3ccccc32)[C@@H]2c3ccccc3CCN21. The molecule has 196 valence electrons. The first-order valence-electron chi connectivity index (χ1n) is 13.8. The second-order valence-electron chi connectivity index (χ2n) is 11.3. The first-order chi connectivity index (χ1) is 19.5. The molecule has 0 aromatic heterocycles. The van der Waals surface area contributed by atoms with E-state index in [4.69, 9.17) is 0 Å². The van der Waals surface area contributed by atoms with Gasteiger partial charge in [-0.1, -0.05) is 90.5 Å². The van der Waals surface area contributed by atoms with Crippen LogP contribution in [0, 0.1) is 12.8 Å². The van der Waals surface area contributed by atoms with E-state index in [1.807, 2.05) is 79.7 Å². The van der Waals surface area contributed by atoms with E-state index in [0.29, 0.717) is 29.9 Å². The van der Waals surface area contributed by atoms with Gasteiger partial charge in [0.15, 0.2) is 5.78 Å². The normalized spacial score (nSPS) is 27.6. The van der Waals surface area contributed by atoms with Crippen molar-refractivity contribution in [1.29, 1.82) is 0 Å². The maximum Gasteiger partial charge on any atom is 0.250 e.